The Balaban J connectivity index is 2.59. The molecule has 4 N–H and O–H groups in total. The van der Waals surface area contributed by atoms with Crippen LogP contribution < -0.4 is 15.8 Å². The summed E-state index contributed by atoms with van der Waals surface area (Å²) in [6.07, 6.45) is -0.700. The number of hydrogen-bond acceptors (Lipinski definition) is 4. The molecule has 0 bridgehead atoms. The van der Waals surface area contributed by atoms with E-state index in [9.17, 15) is 9.90 Å². The van der Waals surface area contributed by atoms with Gasteiger partial charge in [-0.25, -0.2) is 0 Å². The molecule has 0 aliphatic heterocycles. The topological polar surface area (TPSA) is 84.6 Å². The Morgan fingerprint density at radius 3 is 2.57 bits per heavy atom. The molecule has 0 saturated heterocycles. The lowest BCUT2D eigenvalue weighted by molar-refractivity contribution is -0.125. The van der Waals surface area contributed by atoms with Crippen LogP contribution >= 0.6 is 0 Å². The molecule has 0 radical (unpaired) electrons. The van der Waals surface area contributed by atoms with Crippen molar-refractivity contribution >= 4 is 5.91 Å². The van der Waals surface area contributed by atoms with E-state index in [-0.39, 0.29) is 30.5 Å². The van der Waals surface area contributed by atoms with Crippen LogP contribution in [0, 0.1) is 5.92 Å². The number of carbonyl (C=O) groups excluding carboxylic acids is 1. The molecule has 21 heavy (non-hydrogen) atoms. The minimum Gasteiger partial charge on any atom is -0.491 e. The zero-order valence-corrected chi connectivity index (χ0v) is 13.2. The van der Waals surface area contributed by atoms with E-state index in [1.54, 1.807) is 26.0 Å². The summed E-state index contributed by atoms with van der Waals surface area (Å²) < 4.78 is 5.59. The van der Waals surface area contributed by atoms with Crippen molar-refractivity contribution in [2.45, 2.75) is 45.9 Å². The third-order valence-corrected chi connectivity index (χ3v) is 3.29. The molecule has 118 valence electrons. The zero-order chi connectivity index (χ0) is 16.0. The van der Waals surface area contributed by atoms with Crippen LogP contribution in [0.1, 0.15) is 39.4 Å². The summed E-state index contributed by atoms with van der Waals surface area (Å²) in [5.74, 6) is 0.267. The van der Waals surface area contributed by atoms with Crippen molar-refractivity contribution < 1.29 is 14.6 Å². The van der Waals surface area contributed by atoms with Crippen LogP contribution in [0.25, 0.3) is 0 Å². The highest BCUT2D eigenvalue weighted by atomic mass is 16.5. The first-order valence-corrected chi connectivity index (χ1v) is 7.29. The predicted octanol–water partition coefficient (Wildman–Crippen LogP) is 1.61. The van der Waals surface area contributed by atoms with Crippen LogP contribution in [0.4, 0.5) is 0 Å². The van der Waals surface area contributed by atoms with E-state index in [0.29, 0.717) is 11.3 Å². The summed E-state index contributed by atoms with van der Waals surface area (Å²) >= 11 is 0. The fourth-order valence-corrected chi connectivity index (χ4v) is 1.78. The molecule has 0 spiro atoms. The Labute approximate surface area is 126 Å². The molecule has 1 aromatic carbocycles. The van der Waals surface area contributed by atoms with Gasteiger partial charge < -0.3 is 20.9 Å². The first-order chi connectivity index (χ1) is 9.81. The third-order valence-electron chi connectivity index (χ3n) is 3.29. The molecule has 0 aliphatic rings. The lowest BCUT2D eigenvalue weighted by Crippen LogP contribution is -2.40. The van der Waals surface area contributed by atoms with Gasteiger partial charge in [0.2, 0.25) is 5.91 Å². The Kier molecular flexibility index (Phi) is 6.65. The molecule has 0 saturated carbocycles. The molecule has 1 aromatic rings. The summed E-state index contributed by atoms with van der Waals surface area (Å²) in [7, 11) is 0. The van der Waals surface area contributed by atoms with E-state index >= 15 is 0 Å². The van der Waals surface area contributed by atoms with Gasteiger partial charge in [0.15, 0.2) is 0 Å². The number of aliphatic hydroxyl groups excluding tert-OH is 1. The van der Waals surface area contributed by atoms with Crippen molar-refractivity contribution in [1.29, 1.82) is 0 Å². The number of ether oxygens (including phenoxy) is 1. The van der Waals surface area contributed by atoms with Gasteiger partial charge in [0.1, 0.15) is 5.75 Å². The molecular weight excluding hydrogens is 268 g/mol. The Morgan fingerprint density at radius 1 is 1.33 bits per heavy atom. The molecule has 3 atom stereocenters. The smallest absolute Gasteiger partial charge is 0.224 e. The van der Waals surface area contributed by atoms with Gasteiger partial charge in [-0.1, -0.05) is 19.1 Å². The lowest BCUT2D eigenvalue weighted by Gasteiger charge is -2.18. The Bertz CT molecular complexity index is 461. The minimum absolute atomic E-state index is 0.0731. The number of aliphatic hydroxyl groups is 1. The molecule has 1 rings (SSSR count). The third kappa shape index (κ3) is 5.73. The number of rotatable bonds is 7. The monoisotopic (exact) mass is 294 g/mol. The fraction of sp³-hybridized carbons (Fsp3) is 0.562. The van der Waals surface area contributed by atoms with Crippen molar-refractivity contribution in [3.8, 4) is 5.75 Å². The van der Waals surface area contributed by atoms with Gasteiger partial charge >= 0.3 is 0 Å². The lowest BCUT2D eigenvalue weighted by atomic mass is 10.0. The second-order valence-electron chi connectivity index (χ2n) is 5.65. The maximum atomic E-state index is 11.8. The molecule has 5 nitrogen and oxygen atoms in total. The fourth-order valence-electron chi connectivity index (χ4n) is 1.78. The maximum absolute atomic E-state index is 11.8. The number of amides is 1. The van der Waals surface area contributed by atoms with Gasteiger partial charge in [-0.05, 0) is 38.5 Å². The largest absolute Gasteiger partial charge is 0.491 e. The first kappa shape index (κ1) is 17.5. The summed E-state index contributed by atoms with van der Waals surface area (Å²) in [5, 5.41) is 12.9. The normalized spacial score (nSPS) is 15.4. The van der Waals surface area contributed by atoms with Gasteiger partial charge in [0.25, 0.3) is 0 Å². The van der Waals surface area contributed by atoms with E-state index < -0.39 is 6.10 Å². The maximum Gasteiger partial charge on any atom is 0.224 e. The van der Waals surface area contributed by atoms with Gasteiger partial charge in [-0.2, -0.15) is 0 Å². The van der Waals surface area contributed by atoms with E-state index in [1.165, 1.54) is 0 Å². The Morgan fingerprint density at radius 2 is 2.00 bits per heavy atom. The quantitative estimate of drug-likeness (QED) is 0.713. The van der Waals surface area contributed by atoms with Crippen molar-refractivity contribution in [2.24, 2.45) is 11.7 Å². The summed E-state index contributed by atoms with van der Waals surface area (Å²) in [6.45, 7) is 7.59. The summed E-state index contributed by atoms with van der Waals surface area (Å²) in [6, 6.07) is 7.03. The van der Waals surface area contributed by atoms with Gasteiger partial charge in [-0.15, -0.1) is 0 Å². The minimum atomic E-state index is -0.773. The molecule has 0 aliphatic carbocycles. The second-order valence-corrected chi connectivity index (χ2v) is 5.65. The van der Waals surface area contributed by atoms with E-state index in [4.69, 9.17) is 10.5 Å². The number of hydrogen-bond donors (Lipinski definition) is 3. The molecule has 0 fully saturated rings. The van der Waals surface area contributed by atoms with Crippen molar-refractivity contribution in [3.05, 3.63) is 29.8 Å². The van der Waals surface area contributed by atoms with Crippen LogP contribution in [0.5, 0.6) is 5.75 Å². The zero-order valence-electron chi connectivity index (χ0n) is 13.2. The van der Waals surface area contributed by atoms with Crippen LogP contribution in [-0.2, 0) is 4.79 Å². The summed E-state index contributed by atoms with van der Waals surface area (Å²) in [4.78, 5) is 11.8. The van der Waals surface area contributed by atoms with Crippen LogP contribution in [0.2, 0.25) is 0 Å². The van der Waals surface area contributed by atoms with E-state index in [1.807, 2.05) is 26.0 Å². The number of benzene rings is 1. The van der Waals surface area contributed by atoms with Crippen LogP contribution in [0.15, 0.2) is 24.3 Å². The van der Waals surface area contributed by atoms with Gasteiger partial charge in [0.05, 0.1) is 12.2 Å². The molecule has 0 heterocycles. The SMILES string of the molecule is CC(C)Oc1cccc(C(O)CNC(=O)C(C)C(C)N)c1. The average molecular weight is 294 g/mol. The molecule has 0 aromatic heterocycles. The van der Waals surface area contributed by atoms with E-state index in [2.05, 4.69) is 5.32 Å². The molecular formula is C16H26N2O3. The number of nitrogens with one attached hydrogen (secondary N) is 1. The van der Waals surface area contributed by atoms with Crippen molar-refractivity contribution in [1.82, 2.24) is 5.32 Å². The van der Waals surface area contributed by atoms with Crippen LogP contribution in [0.3, 0.4) is 0 Å². The predicted molar refractivity (Wildman–Crippen MR) is 83.0 cm³/mol. The molecule has 5 heteroatoms. The van der Waals surface area contributed by atoms with Crippen LogP contribution in [-0.4, -0.2) is 29.7 Å². The standard InChI is InChI=1S/C16H26N2O3/c1-10(2)21-14-7-5-6-13(8-14)15(19)9-18-16(20)11(3)12(4)17/h5-8,10-12,15,19H,9,17H2,1-4H3,(H,18,20). The van der Waals surface area contributed by atoms with Crippen molar-refractivity contribution in [2.75, 3.05) is 6.54 Å². The number of nitrogens with two attached hydrogens (primary N) is 1. The highest BCUT2D eigenvalue weighted by Gasteiger charge is 2.18. The molecule has 3 unspecified atom stereocenters. The average Bonchev–Trinajstić information content (AvgIpc) is 2.42. The highest BCUT2D eigenvalue weighted by Crippen LogP contribution is 2.20. The van der Waals surface area contributed by atoms with Crippen molar-refractivity contribution in [3.63, 3.8) is 0 Å². The Hall–Kier alpha value is -1.59. The first-order valence-electron chi connectivity index (χ1n) is 7.29. The number of carbonyl (C=O) groups is 1. The highest BCUT2D eigenvalue weighted by molar-refractivity contribution is 5.78. The summed E-state index contributed by atoms with van der Waals surface area (Å²) in [5.41, 5.74) is 6.39. The van der Waals surface area contributed by atoms with E-state index in [0.717, 1.165) is 0 Å². The van der Waals surface area contributed by atoms with Gasteiger partial charge in [-0.3, -0.25) is 4.79 Å². The second kappa shape index (κ2) is 8.00. The molecule has 1 amide bonds. The van der Waals surface area contributed by atoms with Gasteiger partial charge in [0, 0.05) is 18.5 Å².